The summed E-state index contributed by atoms with van der Waals surface area (Å²) in [5.41, 5.74) is -0.381. The van der Waals surface area contributed by atoms with E-state index in [1.165, 1.54) is 6.42 Å². The molecule has 2 unspecified atom stereocenters. The van der Waals surface area contributed by atoms with Crippen molar-refractivity contribution in [2.24, 2.45) is 5.92 Å². The Kier molecular flexibility index (Phi) is 4.28. The second-order valence-corrected chi connectivity index (χ2v) is 6.38. The zero-order valence-corrected chi connectivity index (χ0v) is 12.0. The average Bonchev–Trinajstić information content (AvgIpc) is 2.76. The van der Waals surface area contributed by atoms with Crippen molar-refractivity contribution in [2.45, 2.75) is 51.6 Å². The molecule has 0 spiro atoms. The first-order chi connectivity index (χ1) is 8.50. The highest BCUT2D eigenvalue weighted by atomic mass is 16.2. The maximum absolute atomic E-state index is 12.5. The molecule has 1 aliphatic carbocycles. The molecule has 2 N–H and O–H groups in total. The Morgan fingerprint density at radius 1 is 1.28 bits per heavy atom. The van der Waals surface area contributed by atoms with Crippen molar-refractivity contribution < 1.29 is 4.79 Å². The van der Waals surface area contributed by atoms with Crippen molar-refractivity contribution in [1.82, 2.24) is 15.5 Å². The minimum atomic E-state index is -0.381. The predicted molar refractivity (Wildman–Crippen MR) is 73.5 cm³/mol. The fourth-order valence-electron chi connectivity index (χ4n) is 3.07. The van der Waals surface area contributed by atoms with Gasteiger partial charge >= 0.3 is 0 Å². The number of hydrogen-bond acceptors (Lipinski definition) is 3. The largest absolute Gasteiger partial charge is 0.352 e. The van der Waals surface area contributed by atoms with Crippen molar-refractivity contribution in [2.75, 3.05) is 26.2 Å². The fraction of sp³-hybridized carbons (Fsp3) is 0.929. The molecule has 4 heteroatoms. The van der Waals surface area contributed by atoms with Crippen LogP contribution in [-0.4, -0.2) is 48.6 Å². The summed E-state index contributed by atoms with van der Waals surface area (Å²) >= 11 is 0. The van der Waals surface area contributed by atoms with Crippen molar-refractivity contribution >= 4 is 5.91 Å². The van der Waals surface area contributed by atoms with Crippen LogP contribution in [0.3, 0.4) is 0 Å². The molecular formula is C14H27N3O. The zero-order valence-electron chi connectivity index (χ0n) is 12.0. The first-order valence-corrected chi connectivity index (χ1v) is 7.27. The van der Waals surface area contributed by atoms with E-state index < -0.39 is 0 Å². The van der Waals surface area contributed by atoms with Crippen LogP contribution < -0.4 is 10.6 Å². The maximum atomic E-state index is 12.5. The van der Waals surface area contributed by atoms with E-state index in [1.807, 2.05) is 13.8 Å². The number of rotatable bonds is 3. The van der Waals surface area contributed by atoms with Gasteiger partial charge < -0.3 is 10.6 Å². The van der Waals surface area contributed by atoms with Crippen LogP contribution in [-0.2, 0) is 4.79 Å². The molecule has 1 heterocycles. The molecule has 1 amide bonds. The van der Waals surface area contributed by atoms with E-state index in [0.29, 0.717) is 6.04 Å². The molecule has 2 atom stereocenters. The molecule has 0 aromatic rings. The topological polar surface area (TPSA) is 44.4 Å². The van der Waals surface area contributed by atoms with Crippen LogP contribution in [0.2, 0.25) is 0 Å². The predicted octanol–water partition coefficient (Wildman–Crippen LogP) is 0.975. The second kappa shape index (κ2) is 5.57. The molecule has 0 bridgehead atoms. The average molecular weight is 253 g/mol. The standard InChI is InChI=1S/C14H27N3O/c1-11-4-5-12(10-11)16-13(18)14(2,3)17-8-6-15-7-9-17/h11-12,15H,4-10H2,1-3H3,(H,16,18). The monoisotopic (exact) mass is 253 g/mol. The van der Waals surface area contributed by atoms with E-state index >= 15 is 0 Å². The lowest BCUT2D eigenvalue weighted by Gasteiger charge is -2.40. The maximum Gasteiger partial charge on any atom is 0.240 e. The smallest absolute Gasteiger partial charge is 0.240 e. The quantitative estimate of drug-likeness (QED) is 0.788. The van der Waals surface area contributed by atoms with Gasteiger partial charge in [0.05, 0.1) is 5.54 Å². The van der Waals surface area contributed by atoms with Gasteiger partial charge in [0.25, 0.3) is 0 Å². The zero-order chi connectivity index (χ0) is 13.2. The Bertz CT molecular complexity index is 297. The Morgan fingerprint density at radius 3 is 2.50 bits per heavy atom. The number of carbonyl (C=O) groups excluding carboxylic acids is 1. The molecule has 0 aromatic carbocycles. The molecule has 1 aliphatic heterocycles. The minimum absolute atomic E-state index is 0.198. The van der Waals surface area contributed by atoms with Crippen LogP contribution in [0.1, 0.15) is 40.0 Å². The van der Waals surface area contributed by atoms with Gasteiger partial charge in [0.1, 0.15) is 0 Å². The molecule has 2 fully saturated rings. The Hall–Kier alpha value is -0.610. The van der Waals surface area contributed by atoms with Gasteiger partial charge in [-0.3, -0.25) is 9.69 Å². The van der Waals surface area contributed by atoms with E-state index in [2.05, 4.69) is 22.5 Å². The number of carbonyl (C=O) groups is 1. The van der Waals surface area contributed by atoms with E-state index in [0.717, 1.165) is 44.9 Å². The molecular weight excluding hydrogens is 226 g/mol. The normalized spacial score (nSPS) is 30.4. The van der Waals surface area contributed by atoms with Crippen LogP contribution in [0.5, 0.6) is 0 Å². The molecule has 1 saturated carbocycles. The third kappa shape index (κ3) is 3.04. The van der Waals surface area contributed by atoms with Crippen molar-refractivity contribution in [3.63, 3.8) is 0 Å². The molecule has 0 aromatic heterocycles. The van der Waals surface area contributed by atoms with Gasteiger partial charge in [-0.05, 0) is 39.0 Å². The molecule has 4 nitrogen and oxygen atoms in total. The van der Waals surface area contributed by atoms with E-state index in [-0.39, 0.29) is 11.4 Å². The second-order valence-electron chi connectivity index (χ2n) is 6.38. The summed E-state index contributed by atoms with van der Waals surface area (Å²) in [7, 11) is 0. The van der Waals surface area contributed by atoms with Gasteiger partial charge in [-0.25, -0.2) is 0 Å². The van der Waals surface area contributed by atoms with Gasteiger partial charge in [-0.1, -0.05) is 6.92 Å². The number of amides is 1. The Morgan fingerprint density at radius 2 is 1.94 bits per heavy atom. The number of nitrogens with zero attached hydrogens (tertiary/aromatic N) is 1. The van der Waals surface area contributed by atoms with Gasteiger partial charge in [0.2, 0.25) is 5.91 Å². The van der Waals surface area contributed by atoms with Crippen molar-refractivity contribution in [1.29, 1.82) is 0 Å². The number of nitrogens with one attached hydrogen (secondary N) is 2. The molecule has 1 saturated heterocycles. The van der Waals surface area contributed by atoms with E-state index in [1.54, 1.807) is 0 Å². The summed E-state index contributed by atoms with van der Waals surface area (Å²) in [5.74, 6) is 0.959. The van der Waals surface area contributed by atoms with Gasteiger partial charge in [0, 0.05) is 32.2 Å². The number of hydrogen-bond donors (Lipinski definition) is 2. The van der Waals surface area contributed by atoms with Crippen LogP contribution in [0.4, 0.5) is 0 Å². The molecule has 104 valence electrons. The van der Waals surface area contributed by atoms with Crippen LogP contribution in [0.25, 0.3) is 0 Å². The summed E-state index contributed by atoms with van der Waals surface area (Å²) in [5, 5.41) is 6.58. The van der Waals surface area contributed by atoms with E-state index in [9.17, 15) is 4.79 Å². The van der Waals surface area contributed by atoms with Gasteiger partial charge in [0.15, 0.2) is 0 Å². The summed E-state index contributed by atoms with van der Waals surface area (Å²) < 4.78 is 0. The van der Waals surface area contributed by atoms with Gasteiger partial charge in [-0.2, -0.15) is 0 Å². The third-order valence-corrected chi connectivity index (χ3v) is 4.49. The fourth-order valence-corrected chi connectivity index (χ4v) is 3.07. The van der Waals surface area contributed by atoms with Crippen LogP contribution in [0, 0.1) is 5.92 Å². The Balaban J connectivity index is 1.89. The molecule has 2 aliphatic rings. The highest BCUT2D eigenvalue weighted by Gasteiger charge is 2.36. The van der Waals surface area contributed by atoms with E-state index in [4.69, 9.17) is 0 Å². The minimum Gasteiger partial charge on any atom is -0.352 e. The van der Waals surface area contributed by atoms with Crippen molar-refractivity contribution in [3.05, 3.63) is 0 Å². The Labute approximate surface area is 110 Å². The van der Waals surface area contributed by atoms with Crippen molar-refractivity contribution in [3.8, 4) is 0 Å². The third-order valence-electron chi connectivity index (χ3n) is 4.49. The molecule has 0 radical (unpaired) electrons. The highest BCUT2D eigenvalue weighted by molar-refractivity contribution is 5.85. The first kappa shape index (κ1) is 13.8. The summed E-state index contributed by atoms with van der Waals surface area (Å²) in [6.45, 7) is 10.3. The molecule has 18 heavy (non-hydrogen) atoms. The highest BCUT2D eigenvalue weighted by Crippen LogP contribution is 2.25. The molecule has 2 rings (SSSR count). The summed E-state index contributed by atoms with van der Waals surface area (Å²) in [6, 6.07) is 0.398. The lowest BCUT2D eigenvalue weighted by atomic mass is 9.99. The lowest BCUT2D eigenvalue weighted by Crippen LogP contribution is -2.60. The lowest BCUT2D eigenvalue weighted by molar-refractivity contribution is -0.132. The summed E-state index contributed by atoms with van der Waals surface area (Å²) in [4.78, 5) is 14.7. The first-order valence-electron chi connectivity index (χ1n) is 7.27. The summed E-state index contributed by atoms with van der Waals surface area (Å²) in [6.07, 6.45) is 3.53. The number of piperazine rings is 1. The van der Waals surface area contributed by atoms with Gasteiger partial charge in [-0.15, -0.1) is 0 Å². The van der Waals surface area contributed by atoms with Crippen LogP contribution >= 0.6 is 0 Å². The SMILES string of the molecule is CC1CCC(NC(=O)C(C)(C)N2CCNCC2)C1. The van der Waals surface area contributed by atoms with Crippen LogP contribution in [0.15, 0.2) is 0 Å².